The van der Waals surface area contributed by atoms with E-state index in [2.05, 4.69) is 15.3 Å². The molecule has 1 atom stereocenters. The van der Waals surface area contributed by atoms with E-state index >= 15 is 0 Å². The summed E-state index contributed by atoms with van der Waals surface area (Å²) in [4.78, 5) is 22.4. The lowest BCUT2D eigenvalue weighted by molar-refractivity contribution is -0.0915. The van der Waals surface area contributed by atoms with Gasteiger partial charge in [0.1, 0.15) is 23.8 Å². The summed E-state index contributed by atoms with van der Waals surface area (Å²) in [5.74, 6) is 1.12. The summed E-state index contributed by atoms with van der Waals surface area (Å²) < 4.78 is 16.2. The minimum absolute atomic E-state index is 0.0765. The number of methoxy groups -OCH3 is 1. The fourth-order valence-corrected chi connectivity index (χ4v) is 4.25. The molecule has 0 bridgehead atoms. The van der Waals surface area contributed by atoms with Crippen molar-refractivity contribution in [1.82, 2.24) is 14.9 Å². The van der Waals surface area contributed by atoms with Gasteiger partial charge in [-0.25, -0.2) is 4.98 Å². The lowest BCUT2D eigenvalue weighted by atomic mass is 9.99. The molecule has 9 heteroatoms. The first-order valence-corrected chi connectivity index (χ1v) is 12.0. The summed E-state index contributed by atoms with van der Waals surface area (Å²) >= 11 is 0. The Labute approximate surface area is 219 Å². The molecule has 0 aliphatic carbocycles. The summed E-state index contributed by atoms with van der Waals surface area (Å²) in [6, 6.07) is 18.7. The lowest BCUT2D eigenvalue weighted by Crippen LogP contribution is -2.27. The highest BCUT2D eigenvalue weighted by atomic mass is 16.6. The Balaban J connectivity index is 1.48. The van der Waals surface area contributed by atoms with Crippen LogP contribution in [0.15, 0.2) is 83.7 Å². The van der Waals surface area contributed by atoms with Gasteiger partial charge in [-0.1, -0.05) is 24.3 Å². The van der Waals surface area contributed by atoms with Crippen LogP contribution in [0.3, 0.4) is 0 Å². The molecule has 0 aliphatic rings. The number of aromatic amines is 1. The van der Waals surface area contributed by atoms with E-state index < -0.39 is 6.41 Å². The van der Waals surface area contributed by atoms with Crippen molar-refractivity contribution in [2.24, 2.45) is 0 Å². The van der Waals surface area contributed by atoms with E-state index in [1.165, 1.54) is 11.2 Å². The molecule has 2 aromatic carbocycles. The molecule has 0 fully saturated rings. The van der Waals surface area contributed by atoms with Crippen molar-refractivity contribution in [3.63, 3.8) is 0 Å². The standard InChI is InChI=1S/C29H28N4O5/c1-33(2)28(34)23-13-18(10-11-25(23)32-29(35)38-17-20-7-6-12-37-20)19-14-22-24(16-31-27(22)30-15-19)21-8-4-5-9-26(21)36-3/h4-16,29,32,35H,17H2,1-3H3,(H,30,31). The van der Waals surface area contributed by atoms with Crippen LogP contribution in [0, 0.1) is 0 Å². The van der Waals surface area contributed by atoms with Gasteiger partial charge in [0.2, 0.25) is 6.41 Å². The second kappa shape index (κ2) is 10.8. The topological polar surface area (TPSA) is 113 Å². The largest absolute Gasteiger partial charge is 0.496 e. The van der Waals surface area contributed by atoms with Crippen molar-refractivity contribution >= 4 is 22.6 Å². The summed E-state index contributed by atoms with van der Waals surface area (Å²) in [5.41, 5.74) is 5.11. The number of carbonyl (C=O) groups is 1. The number of hydrogen-bond acceptors (Lipinski definition) is 7. The molecule has 38 heavy (non-hydrogen) atoms. The molecule has 3 N–H and O–H groups in total. The second-order valence-corrected chi connectivity index (χ2v) is 8.87. The molecular weight excluding hydrogens is 484 g/mol. The number of furan rings is 1. The third-order valence-corrected chi connectivity index (χ3v) is 6.16. The molecule has 3 aromatic heterocycles. The summed E-state index contributed by atoms with van der Waals surface area (Å²) in [7, 11) is 5.00. The first-order chi connectivity index (χ1) is 18.4. The number of H-pyrrole nitrogens is 1. The highest BCUT2D eigenvalue weighted by molar-refractivity contribution is 6.01. The SMILES string of the molecule is COc1ccccc1-c1c[nH]c2ncc(-c3ccc(NC(O)OCc4ccco4)c(C(=O)N(C)C)c3)cc12. The molecule has 0 spiro atoms. The van der Waals surface area contributed by atoms with E-state index in [4.69, 9.17) is 13.9 Å². The van der Waals surface area contributed by atoms with Crippen molar-refractivity contribution in [3.8, 4) is 28.0 Å². The van der Waals surface area contributed by atoms with Crippen LogP contribution < -0.4 is 10.1 Å². The van der Waals surface area contributed by atoms with Crippen LogP contribution in [0.2, 0.25) is 0 Å². The first-order valence-electron chi connectivity index (χ1n) is 12.0. The molecule has 0 saturated carbocycles. The summed E-state index contributed by atoms with van der Waals surface area (Å²) in [6.07, 6.45) is 3.86. The van der Waals surface area contributed by atoms with Gasteiger partial charge >= 0.3 is 0 Å². The molecule has 0 aliphatic heterocycles. The van der Waals surface area contributed by atoms with Gasteiger partial charge < -0.3 is 34.2 Å². The summed E-state index contributed by atoms with van der Waals surface area (Å²) in [6.45, 7) is 0.0765. The number of rotatable bonds is 9. The number of nitrogens with zero attached hydrogens (tertiary/aromatic N) is 2. The Kier molecular flexibility index (Phi) is 7.12. The number of para-hydroxylation sites is 1. The van der Waals surface area contributed by atoms with Gasteiger partial charge in [0.15, 0.2) is 0 Å². The lowest BCUT2D eigenvalue weighted by Gasteiger charge is -2.19. The number of fused-ring (bicyclic) bond motifs is 1. The molecule has 0 saturated heterocycles. The number of ether oxygens (including phenoxy) is 2. The Morgan fingerprint density at radius 3 is 2.71 bits per heavy atom. The zero-order chi connectivity index (χ0) is 26.6. The summed E-state index contributed by atoms with van der Waals surface area (Å²) in [5, 5.41) is 14.2. The Bertz CT molecular complexity index is 1560. The zero-order valence-corrected chi connectivity index (χ0v) is 21.3. The van der Waals surface area contributed by atoms with Gasteiger partial charge in [-0.2, -0.15) is 0 Å². The van der Waals surface area contributed by atoms with Crippen molar-refractivity contribution in [1.29, 1.82) is 0 Å². The molecule has 194 valence electrons. The number of aromatic nitrogens is 2. The van der Waals surface area contributed by atoms with Gasteiger partial charge in [0.25, 0.3) is 5.91 Å². The first kappa shape index (κ1) is 25.1. The fourth-order valence-electron chi connectivity index (χ4n) is 4.25. The minimum Gasteiger partial charge on any atom is -0.496 e. The quantitative estimate of drug-likeness (QED) is 0.235. The third-order valence-electron chi connectivity index (χ3n) is 6.16. The highest BCUT2D eigenvalue weighted by Crippen LogP contribution is 2.36. The Morgan fingerprint density at radius 1 is 1.11 bits per heavy atom. The maximum atomic E-state index is 13.1. The predicted octanol–water partition coefficient (Wildman–Crippen LogP) is 5.10. The van der Waals surface area contributed by atoms with E-state index in [1.54, 1.807) is 51.7 Å². The molecule has 0 radical (unpaired) electrons. The van der Waals surface area contributed by atoms with Crippen LogP contribution in [0.1, 0.15) is 16.1 Å². The number of hydrogen-bond donors (Lipinski definition) is 3. The number of nitrogens with one attached hydrogen (secondary N) is 2. The van der Waals surface area contributed by atoms with E-state index in [-0.39, 0.29) is 12.5 Å². The van der Waals surface area contributed by atoms with Crippen LogP contribution in [0.4, 0.5) is 5.69 Å². The number of aliphatic hydroxyl groups excluding tert-OH is 1. The number of aliphatic hydroxyl groups is 1. The number of amides is 1. The predicted molar refractivity (Wildman–Crippen MR) is 145 cm³/mol. The normalized spacial score (nSPS) is 11.9. The average Bonchev–Trinajstić information content (AvgIpc) is 3.61. The Morgan fingerprint density at radius 2 is 1.95 bits per heavy atom. The highest BCUT2D eigenvalue weighted by Gasteiger charge is 2.18. The number of pyridine rings is 1. The number of benzene rings is 2. The van der Waals surface area contributed by atoms with Crippen molar-refractivity contribution in [2.75, 3.05) is 26.5 Å². The van der Waals surface area contributed by atoms with Crippen molar-refractivity contribution < 1.29 is 23.8 Å². The second-order valence-electron chi connectivity index (χ2n) is 8.87. The van der Waals surface area contributed by atoms with Crippen LogP contribution in [-0.4, -0.2) is 53.5 Å². The number of carbonyl (C=O) groups excluding carboxylic acids is 1. The maximum absolute atomic E-state index is 13.1. The molecular formula is C29H28N4O5. The van der Waals surface area contributed by atoms with Crippen LogP contribution >= 0.6 is 0 Å². The number of anilines is 1. The average molecular weight is 513 g/mol. The molecule has 9 nitrogen and oxygen atoms in total. The van der Waals surface area contributed by atoms with E-state index in [1.807, 2.05) is 42.6 Å². The van der Waals surface area contributed by atoms with E-state index in [0.29, 0.717) is 17.0 Å². The molecule has 3 heterocycles. The van der Waals surface area contributed by atoms with Gasteiger partial charge in [0.05, 0.1) is 24.6 Å². The van der Waals surface area contributed by atoms with Gasteiger partial charge in [-0.05, 0) is 42.0 Å². The van der Waals surface area contributed by atoms with E-state index in [0.717, 1.165) is 39.0 Å². The van der Waals surface area contributed by atoms with Crippen LogP contribution in [0.5, 0.6) is 5.75 Å². The van der Waals surface area contributed by atoms with E-state index in [9.17, 15) is 9.90 Å². The van der Waals surface area contributed by atoms with Gasteiger partial charge in [-0.15, -0.1) is 0 Å². The van der Waals surface area contributed by atoms with Gasteiger partial charge in [0, 0.05) is 48.6 Å². The fraction of sp³-hybridized carbons (Fsp3) is 0.172. The smallest absolute Gasteiger partial charge is 0.255 e. The Hall–Kier alpha value is -4.60. The molecule has 1 unspecified atom stereocenters. The minimum atomic E-state index is -1.35. The van der Waals surface area contributed by atoms with Crippen LogP contribution in [0.25, 0.3) is 33.3 Å². The maximum Gasteiger partial charge on any atom is 0.255 e. The third kappa shape index (κ3) is 5.10. The van der Waals surface area contributed by atoms with Crippen molar-refractivity contribution in [2.45, 2.75) is 13.0 Å². The zero-order valence-electron chi connectivity index (χ0n) is 21.3. The molecule has 5 rings (SSSR count). The van der Waals surface area contributed by atoms with Crippen molar-refractivity contribution in [3.05, 3.63) is 90.6 Å². The van der Waals surface area contributed by atoms with Crippen LogP contribution in [-0.2, 0) is 11.3 Å². The molecule has 1 amide bonds. The molecule has 5 aromatic rings. The monoisotopic (exact) mass is 512 g/mol. The van der Waals surface area contributed by atoms with Gasteiger partial charge in [-0.3, -0.25) is 4.79 Å².